The second kappa shape index (κ2) is 9.21. The summed E-state index contributed by atoms with van der Waals surface area (Å²) in [5, 5.41) is 28.3. The lowest BCUT2D eigenvalue weighted by atomic mass is 10.1. The Hall–Kier alpha value is -3.82. The molecule has 28 heavy (non-hydrogen) atoms. The van der Waals surface area contributed by atoms with Crippen LogP contribution in [-0.4, -0.2) is 48.3 Å². The molecule has 2 rings (SSSR count). The van der Waals surface area contributed by atoms with Crippen LogP contribution in [0.5, 0.6) is 5.75 Å². The SMILES string of the molecule is COC1=CC(=[N+]([O-])[O-])C=CC1=NNC(C(C)=O)C(=O)Nc1ccccc1OC. The molecule has 0 aliphatic heterocycles. The van der Waals surface area contributed by atoms with E-state index in [4.69, 9.17) is 9.47 Å². The van der Waals surface area contributed by atoms with Gasteiger partial charge in [-0.15, -0.1) is 0 Å². The van der Waals surface area contributed by atoms with E-state index in [1.54, 1.807) is 24.3 Å². The number of ether oxygens (including phenoxy) is 2. The number of amides is 1. The summed E-state index contributed by atoms with van der Waals surface area (Å²) in [5.74, 6) is -0.556. The number of hydrogen-bond donors (Lipinski definition) is 2. The maximum absolute atomic E-state index is 12.5. The summed E-state index contributed by atoms with van der Waals surface area (Å²) in [6, 6.07) is 5.46. The second-order valence-electron chi connectivity index (χ2n) is 5.59. The molecule has 0 aromatic heterocycles. The summed E-state index contributed by atoms with van der Waals surface area (Å²) in [7, 11) is 2.79. The number of Topliss-reactive ketones (excluding diaryl/α,β-unsaturated/α-hetero) is 1. The van der Waals surface area contributed by atoms with Gasteiger partial charge in [0.15, 0.2) is 17.6 Å². The highest BCUT2D eigenvalue weighted by Gasteiger charge is 2.24. The molecule has 1 aliphatic rings. The van der Waals surface area contributed by atoms with Crippen molar-refractivity contribution in [1.82, 2.24) is 5.43 Å². The number of para-hydroxylation sites is 2. The number of nitrogens with zero attached hydrogens (tertiary/aromatic N) is 2. The first-order valence-corrected chi connectivity index (χ1v) is 8.10. The average Bonchev–Trinajstić information content (AvgIpc) is 2.68. The number of rotatable bonds is 7. The summed E-state index contributed by atoms with van der Waals surface area (Å²) >= 11 is 0. The van der Waals surface area contributed by atoms with Gasteiger partial charge in [-0.3, -0.25) is 15.0 Å². The number of methoxy groups -OCH3 is 2. The van der Waals surface area contributed by atoms with Crippen LogP contribution in [0.1, 0.15) is 6.92 Å². The van der Waals surface area contributed by atoms with Gasteiger partial charge in [-0.2, -0.15) is 10.0 Å². The van der Waals surface area contributed by atoms with Gasteiger partial charge in [0.2, 0.25) is 5.71 Å². The van der Waals surface area contributed by atoms with E-state index in [0.717, 1.165) is 0 Å². The molecule has 1 amide bonds. The zero-order chi connectivity index (χ0) is 20.7. The molecule has 0 radical (unpaired) electrons. The number of nitrogens with one attached hydrogen (secondary N) is 2. The van der Waals surface area contributed by atoms with E-state index in [-0.39, 0.29) is 17.2 Å². The fourth-order valence-electron chi connectivity index (χ4n) is 2.29. The summed E-state index contributed by atoms with van der Waals surface area (Å²) in [6.45, 7) is 1.24. The molecule has 1 atom stereocenters. The molecule has 10 heteroatoms. The van der Waals surface area contributed by atoms with Crippen molar-refractivity contribution in [1.29, 1.82) is 0 Å². The highest BCUT2D eigenvalue weighted by Crippen LogP contribution is 2.23. The van der Waals surface area contributed by atoms with E-state index < -0.39 is 22.6 Å². The van der Waals surface area contributed by atoms with Gasteiger partial charge in [0, 0.05) is 6.08 Å². The maximum atomic E-state index is 12.5. The Morgan fingerprint density at radius 3 is 2.46 bits per heavy atom. The van der Waals surface area contributed by atoms with Crippen LogP contribution in [0.25, 0.3) is 0 Å². The Bertz CT molecular complexity index is 884. The predicted molar refractivity (Wildman–Crippen MR) is 103 cm³/mol. The molecule has 1 aromatic carbocycles. The van der Waals surface area contributed by atoms with Gasteiger partial charge in [-0.05, 0) is 25.1 Å². The highest BCUT2D eigenvalue weighted by molar-refractivity contribution is 6.19. The van der Waals surface area contributed by atoms with Crippen molar-refractivity contribution in [3.05, 3.63) is 58.7 Å². The van der Waals surface area contributed by atoms with Crippen molar-refractivity contribution in [3.8, 4) is 5.75 Å². The van der Waals surface area contributed by atoms with Crippen molar-refractivity contribution >= 4 is 28.8 Å². The number of hydrogen-bond acceptors (Lipinski definition) is 8. The molecule has 148 valence electrons. The minimum atomic E-state index is -1.29. The van der Waals surface area contributed by atoms with Crippen LogP contribution in [0.3, 0.4) is 0 Å². The first kappa shape index (κ1) is 20.5. The van der Waals surface area contributed by atoms with Crippen LogP contribution in [0, 0.1) is 10.4 Å². The summed E-state index contributed by atoms with van der Waals surface area (Å²) < 4.78 is 10.2. The number of carbonyl (C=O) groups is 2. The molecule has 1 unspecified atom stereocenters. The average molecular weight is 387 g/mol. The van der Waals surface area contributed by atoms with Crippen molar-refractivity contribution in [2.75, 3.05) is 19.5 Å². The summed E-state index contributed by atoms with van der Waals surface area (Å²) in [4.78, 5) is 23.9. The maximum Gasteiger partial charge on any atom is 0.256 e. The molecule has 1 aliphatic carbocycles. The first-order valence-electron chi connectivity index (χ1n) is 8.10. The number of anilines is 1. The number of allylic oxidation sites excluding steroid dienone is 3. The van der Waals surface area contributed by atoms with Gasteiger partial charge in [0.25, 0.3) is 5.91 Å². The summed E-state index contributed by atoms with van der Waals surface area (Å²) in [5.41, 5.74) is 2.91. The zero-order valence-corrected chi connectivity index (χ0v) is 15.5. The number of carbonyl (C=O) groups excluding carboxylic acids is 2. The van der Waals surface area contributed by atoms with Crippen LogP contribution < -0.4 is 15.5 Å². The molecule has 0 heterocycles. The molecule has 0 fully saturated rings. The molecule has 10 nitrogen and oxygen atoms in total. The molecule has 0 spiro atoms. The quantitative estimate of drug-likeness (QED) is 0.309. The summed E-state index contributed by atoms with van der Waals surface area (Å²) in [6.07, 6.45) is 3.78. The van der Waals surface area contributed by atoms with Crippen LogP contribution in [0.2, 0.25) is 0 Å². The minimum Gasteiger partial charge on any atom is -0.612 e. The predicted octanol–water partition coefficient (Wildman–Crippen LogP) is 1.09. The van der Waals surface area contributed by atoms with Crippen molar-refractivity contribution < 1.29 is 24.0 Å². The molecule has 0 saturated heterocycles. The van der Waals surface area contributed by atoms with Gasteiger partial charge >= 0.3 is 0 Å². The van der Waals surface area contributed by atoms with E-state index in [1.165, 1.54) is 39.4 Å². The molecule has 1 aromatic rings. The Labute approximate surface area is 161 Å². The van der Waals surface area contributed by atoms with E-state index in [2.05, 4.69) is 15.8 Å². The Morgan fingerprint density at radius 1 is 1.14 bits per heavy atom. The number of benzene rings is 1. The number of ketones is 1. The van der Waals surface area contributed by atoms with E-state index in [1.807, 2.05) is 0 Å². The number of hydrazone groups is 1. The van der Waals surface area contributed by atoms with Gasteiger partial charge in [0.1, 0.15) is 11.5 Å². The second-order valence-corrected chi connectivity index (χ2v) is 5.59. The molecule has 0 saturated carbocycles. The normalized spacial score (nSPS) is 15.5. The lowest BCUT2D eigenvalue weighted by Crippen LogP contribution is -2.43. The monoisotopic (exact) mass is 387 g/mol. The smallest absolute Gasteiger partial charge is 0.256 e. The van der Waals surface area contributed by atoms with Gasteiger partial charge in [-0.25, -0.2) is 0 Å². The molecule has 2 N–H and O–H groups in total. The lowest BCUT2D eigenvalue weighted by molar-refractivity contribution is -0.377. The molecule has 0 bridgehead atoms. The minimum absolute atomic E-state index is 0.120. The van der Waals surface area contributed by atoms with Crippen LogP contribution in [-0.2, 0) is 14.3 Å². The molecular formula is C18H19N4O6-. The Morgan fingerprint density at radius 2 is 1.86 bits per heavy atom. The van der Waals surface area contributed by atoms with Crippen molar-refractivity contribution in [3.63, 3.8) is 0 Å². The highest BCUT2D eigenvalue weighted by atomic mass is 16.8. The standard InChI is InChI=1S/C18H19N4O6/c1-11(23)17(18(24)19-13-6-4-5-7-15(13)27-2)21-20-14-9-8-12(22(25)26)10-16(14)28-3/h4-10,17,21H,1-3H3,(H-,19,20,24,25,26)/q-1. The van der Waals surface area contributed by atoms with Crippen LogP contribution in [0.4, 0.5) is 5.69 Å². The van der Waals surface area contributed by atoms with Gasteiger partial charge in [-0.1, -0.05) is 12.1 Å². The van der Waals surface area contributed by atoms with Crippen molar-refractivity contribution in [2.45, 2.75) is 13.0 Å². The van der Waals surface area contributed by atoms with E-state index in [0.29, 0.717) is 11.4 Å². The van der Waals surface area contributed by atoms with E-state index >= 15 is 0 Å². The zero-order valence-electron chi connectivity index (χ0n) is 15.5. The third-order valence-corrected chi connectivity index (χ3v) is 3.72. The topological polar surface area (TPSA) is 138 Å². The van der Waals surface area contributed by atoms with Crippen LogP contribution >= 0.6 is 0 Å². The Kier molecular flexibility index (Phi) is 6.74. The lowest BCUT2D eigenvalue weighted by Gasteiger charge is -2.17. The van der Waals surface area contributed by atoms with Crippen LogP contribution in [0.15, 0.2) is 53.4 Å². The van der Waals surface area contributed by atoms with Gasteiger partial charge in [0.05, 0.1) is 26.0 Å². The third kappa shape index (κ3) is 4.87. The van der Waals surface area contributed by atoms with Crippen molar-refractivity contribution in [2.24, 2.45) is 5.10 Å². The fourth-order valence-corrected chi connectivity index (χ4v) is 2.29. The largest absolute Gasteiger partial charge is 0.612 e. The third-order valence-electron chi connectivity index (χ3n) is 3.72. The Balaban J connectivity index is 2.19. The first-order chi connectivity index (χ1) is 13.4. The van der Waals surface area contributed by atoms with Gasteiger partial charge < -0.3 is 25.2 Å². The molecular weight excluding hydrogens is 368 g/mol. The fraction of sp³-hybridized carbons (Fsp3) is 0.222. The van der Waals surface area contributed by atoms with E-state index in [9.17, 15) is 20.0 Å².